The van der Waals surface area contributed by atoms with Crippen LogP contribution in [0.4, 0.5) is 0 Å². The second-order valence-corrected chi connectivity index (χ2v) is 1.73. The van der Waals surface area contributed by atoms with Crippen LogP contribution in [0.5, 0.6) is 0 Å². The molecular formula is C5H5NO3. The highest BCUT2D eigenvalue weighted by Gasteiger charge is 2.26. The number of aliphatic hydroxyl groups excluding tert-OH is 1. The quantitative estimate of drug-likeness (QED) is 0.443. The van der Waals surface area contributed by atoms with Crippen LogP contribution in [0.2, 0.25) is 0 Å². The van der Waals surface area contributed by atoms with Crippen molar-refractivity contribution in [3.8, 4) is 0 Å². The summed E-state index contributed by atoms with van der Waals surface area (Å²) >= 11 is 0. The van der Waals surface area contributed by atoms with Crippen LogP contribution in [0.3, 0.4) is 0 Å². The molecule has 0 saturated heterocycles. The van der Waals surface area contributed by atoms with E-state index in [0.29, 0.717) is 0 Å². The van der Waals surface area contributed by atoms with E-state index in [1.54, 1.807) is 0 Å². The standard InChI is InChI=1S/C5H5NO3/c1-6-4(8)2-3(7)5(6)9/h2,7H,1H3. The lowest BCUT2D eigenvalue weighted by molar-refractivity contribution is -0.136. The Bertz CT molecular complexity index is 206. The van der Waals surface area contributed by atoms with Gasteiger partial charge in [0.25, 0.3) is 11.8 Å². The fourth-order valence-electron chi connectivity index (χ4n) is 0.547. The molecule has 0 bridgehead atoms. The molecule has 48 valence electrons. The molecule has 0 aromatic rings. The van der Waals surface area contributed by atoms with Gasteiger partial charge in [0, 0.05) is 7.05 Å². The maximum atomic E-state index is 10.5. The average molecular weight is 127 g/mol. The van der Waals surface area contributed by atoms with Crippen LogP contribution in [0, 0.1) is 0 Å². The topological polar surface area (TPSA) is 57.6 Å². The SMILES string of the molecule is CN1C(=O)C=C(O)C1=O. The first-order valence-electron chi connectivity index (χ1n) is 2.35. The van der Waals surface area contributed by atoms with Crippen molar-refractivity contribution in [2.24, 2.45) is 0 Å². The van der Waals surface area contributed by atoms with Crippen molar-refractivity contribution in [1.82, 2.24) is 4.90 Å². The summed E-state index contributed by atoms with van der Waals surface area (Å²) in [7, 11) is 1.31. The zero-order chi connectivity index (χ0) is 7.02. The Morgan fingerprint density at radius 1 is 1.56 bits per heavy atom. The number of nitrogens with zero attached hydrogens (tertiary/aromatic N) is 1. The van der Waals surface area contributed by atoms with Crippen molar-refractivity contribution in [3.05, 3.63) is 11.8 Å². The van der Waals surface area contributed by atoms with Crippen molar-refractivity contribution in [2.75, 3.05) is 7.05 Å². The fraction of sp³-hybridized carbons (Fsp3) is 0.200. The first-order valence-corrected chi connectivity index (χ1v) is 2.35. The van der Waals surface area contributed by atoms with Gasteiger partial charge in [-0.3, -0.25) is 14.5 Å². The Kier molecular flexibility index (Phi) is 1.02. The van der Waals surface area contributed by atoms with Crippen LogP contribution in [0.25, 0.3) is 0 Å². The summed E-state index contributed by atoms with van der Waals surface area (Å²) in [6.07, 6.45) is 0.891. The van der Waals surface area contributed by atoms with Gasteiger partial charge >= 0.3 is 0 Å². The van der Waals surface area contributed by atoms with Crippen molar-refractivity contribution in [1.29, 1.82) is 0 Å². The maximum absolute atomic E-state index is 10.5. The monoisotopic (exact) mass is 127 g/mol. The summed E-state index contributed by atoms with van der Waals surface area (Å²) in [5.41, 5.74) is 0. The zero-order valence-electron chi connectivity index (χ0n) is 4.79. The van der Waals surface area contributed by atoms with E-state index in [2.05, 4.69) is 0 Å². The highest BCUT2D eigenvalue weighted by atomic mass is 16.3. The van der Waals surface area contributed by atoms with Crippen LogP contribution in [-0.2, 0) is 9.59 Å². The Balaban J connectivity index is 2.95. The number of aliphatic hydroxyl groups is 1. The van der Waals surface area contributed by atoms with Crippen LogP contribution in [-0.4, -0.2) is 28.9 Å². The van der Waals surface area contributed by atoms with E-state index >= 15 is 0 Å². The third-order valence-corrected chi connectivity index (χ3v) is 1.11. The van der Waals surface area contributed by atoms with E-state index in [1.807, 2.05) is 0 Å². The van der Waals surface area contributed by atoms with Gasteiger partial charge < -0.3 is 5.11 Å². The van der Waals surface area contributed by atoms with Crippen LogP contribution in [0.15, 0.2) is 11.8 Å². The molecule has 0 saturated carbocycles. The molecule has 0 unspecified atom stereocenters. The minimum Gasteiger partial charge on any atom is -0.503 e. The lowest BCUT2D eigenvalue weighted by atomic mass is 10.5. The third kappa shape index (κ3) is 0.679. The minimum atomic E-state index is -0.639. The zero-order valence-corrected chi connectivity index (χ0v) is 4.79. The largest absolute Gasteiger partial charge is 0.503 e. The van der Waals surface area contributed by atoms with Crippen LogP contribution in [0.1, 0.15) is 0 Å². The number of carbonyl (C=O) groups is 2. The molecule has 0 atom stereocenters. The van der Waals surface area contributed by atoms with E-state index in [-0.39, 0.29) is 0 Å². The van der Waals surface area contributed by atoms with E-state index in [4.69, 9.17) is 5.11 Å². The predicted molar refractivity (Wildman–Crippen MR) is 28.5 cm³/mol. The Morgan fingerprint density at radius 3 is 2.22 bits per heavy atom. The second-order valence-electron chi connectivity index (χ2n) is 1.73. The van der Waals surface area contributed by atoms with Gasteiger partial charge in [-0.15, -0.1) is 0 Å². The molecule has 0 radical (unpaired) electrons. The molecule has 1 aliphatic rings. The summed E-state index contributed by atoms with van der Waals surface area (Å²) in [6.45, 7) is 0. The highest BCUT2D eigenvalue weighted by Crippen LogP contribution is 2.05. The average Bonchev–Trinajstić information content (AvgIpc) is 1.98. The van der Waals surface area contributed by atoms with Gasteiger partial charge in [0.1, 0.15) is 0 Å². The third-order valence-electron chi connectivity index (χ3n) is 1.11. The molecule has 4 heteroatoms. The van der Waals surface area contributed by atoms with Gasteiger partial charge in [0.2, 0.25) is 0 Å². The summed E-state index contributed by atoms with van der Waals surface area (Å²) in [4.78, 5) is 21.8. The first-order chi connectivity index (χ1) is 4.13. The lowest BCUT2D eigenvalue weighted by Gasteiger charge is -2.02. The van der Waals surface area contributed by atoms with Gasteiger partial charge in [-0.1, -0.05) is 0 Å². The summed E-state index contributed by atoms with van der Waals surface area (Å²) in [5, 5.41) is 8.59. The minimum absolute atomic E-state index is 0.475. The van der Waals surface area contributed by atoms with E-state index < -0.39 is 17.6 Å². The fourth-order valence-corrected chi connectivity index (χ4v) is 0.547. The van der Waals surface area contributed by atoms with Crippen molar-refractivity contribution in [2.45, 2.75) is 0 Å². The number of rotatable bonds is 0. The summed E-state index contributed by atoms with van der Waals surface area (Å²) in [6, 6.07) is 0. The molecule has 1 aliphatic heterocycles. The number of likely N-dealkylation sites (N-methyl/N-ethyl adjacent to an activating group) is 1. The van der Waals surface area contributed by atoms with E-state index in [0.717, 1.165) is 11.0 Å². The molecule has 0 spiro atoms. The van der Waals surface area contributed by atoms with Crippen molar-refractivity contribution < 1.29 is 14.7 Å². The predicted octanol–water partition coefficient (Wildman–Crippen LogP) is -0.573. The number of carbonyl (C=O) groups excluding carboxylic acids is 2. The molecule has 4 nitrogen and oxygen atoms in total. The van der Waals surface area contributed by atoms with Gasteiger partial charge in [-0.05, 0) is 0 Å². The van der Waals surface area contributed by atoms with E-state index in [9.17, 15) is 9.59 Å². The molecule has 0 aromatic carbocycles. The summed E-state index contributed by atoms with van der Waals surface area (Å²) in [5.74, 6) is -1.60. The van der Waals surface area contributed by atoms with Gasteiger partial charge in [0.05, 0.1) is 6.08 Å². The summed E-state index contributed by atoms with van der Waals surface area (Å²) < 4.78 is 0. The molecule has 0 aliphatic carbocycles. The normalized spacial score (nSPS) is 18.8. The number of imide groups is 1. The molecule has 1 rings (SSSR count). The van der Waals surface area contributed by atoms with Gasteiger partial charge in [0.15, 0.2) is 5.76 Å². The molecular weight excluding hydrogens is 122 g/mol. The van der Waals surface area contributed by atoms with Gasteiger partial charge in [-0.2, -0.15) is 0 Å². The van der Waals surface area contributed by atoms with Crippen molar-refractivity contribution in [3.63, 3.8) is 0 Å². The number of hydrogen-bond acceptors (Lipinski definition) is 3. The molecule has 1 N–H and O–H groups in total. The molecule has 0 fully saturated rings. The first kappa shape index (κ1) is 5.81. The Labute approximate surface area is 51.4 Å². The lowest BCUT2D eigenvalue weighted by Crippen LogP contribution is -2.25. The Morgan fingerprint density at radius 2 is 2.11 bits per heavy atom. The van der Waals surface area contributed by atoms with E-state index in [1.165, 1.54) is 7.05 Å². The van der Waals surface area contributed by atoms with Gasteiger partial charge in [-0.25, -0.2) is 0 Å². The van der Waals surface area contributed by atoms with Crippen LogP contribution >= 0.6 is 0 Å². The smallest absolute Gasteiger partial charge is 0.295 e. The maximum Gasteiger partial charge on any atom is 0.295 e. The van der Waals surface area contributed by atoms with Crippen molar-refractivity contribution >= 4 is 11.8 Å². The molecule has 0 aromatic heterocycles. The van der Waals surface area contributed by atoms with Crippen LogP contribution < -0.4 is 0 Å². The number of amides is 2. The molecule has 1 heterocycles. The Hall–Kier alpha value is -1.32. The molecule has 2 amide bonds. The second kappa shape index (κ2) is 1.58. The highest BCUT2D eigenvalue weighted by molar-refractivity contribution is 6.14. The number of hydrogen-bond donors (Lipinski definition) is 1. The molecule has 9 heavy (non-hydrogen) atoms.